The van der Waals surface area contributed by atoms with E-state index in [1.54, 1.807) is 19.1 Å². The third kappa shape index (κ3) is 3.65. The van der Waals surface area contributed by atoms with E-state index in [9.17, 15) is 17.6 Å². The highest BCUT2D eigenvalue weighted by atomic mass is 32.2. The molecule has 0 radical (unpaired) electrons. The van der Waals surface area contributed by atoms with Gasteiger partial charge in [-0.15, -0.1) is 5.10 Å². The monoisotopic (exact) mass is 381 g/mol. The van der Waals surface area contributed by atoms with Gasteiger partial charge in [0.2, 0.25) is 15.9 Å². The molecule has 1 aliphatic rings. The summed E-state index contributed by atoms with van der Waals surface area (Å²) in [5.41, 5.74) is 0.0477. The molecular formula is C16H16FN3O5S. The van der Waals surface area contributed by atoms with Gasteiger partial charge in [-0.1, -0.05) is 0 Å². The Morgan fingerprint density at radius 3 is 2.73 bits per heavy atom. The summed E-state index contributed by atoms with van der Waals surface area (Å²) in [6.45, 7) is 2.07. The van der Waals surface area contributed by atoms with Crippen LogP contribution < -0.4 is 4.74 Å². The summed E-state index contributed by atoms with van der Waals surface area (Å²) in [6.07, 6.45) is 0.0445. The lowest BCUT2D eigenvalue weighted by Gasteiger charge is -2.17. The van der Waals surface area contributed by atoms with Gasteiger partial charge in [-0.05, 0) is 37.6 Å². The SMILES string of the molecule is Cc1ccc(O[C@@H]2CCN(S(=O)(=O)c3ccc(F)c(C(=O)O)c3)C2)nn1. The van der Waals surface area contributed by atoms with Crippen LogP contribution >= 0.6 is 0 Å². The standard InChI is InChI=1S/C16H16FN3O5S/c1-10-2-5-15(19-18-10)25-11-6-7-20(9-11)26(23,24)12-3-4-14(17)13(8-12)16(21)22/h2-5,8,11H,6-7,9H2,1H3,(H,21,22)/t11-/m1/s1. The highest BCUT2D eigenvalue weighted by Gasteiger charge is 2.34. The van der Waals surface area contributed by atoms with Gasteiger partial charge in [0.05, 0.1) is 22.7 Å². The highest BCUT2D eigenvalue weighted by Crippen LogP contribution is 2.25. The van der Waals surface area contributed by atoms with Crippen LogP contribution in [0.15, 0.2) is 35.2 Å². The number of rotatable bonds is 5. The number of aromatic carboxylic acids is 1. The average Bonchev–Trinajstić information content (AvgIpc) is 3.06. The number of halogens is 1. The van der Waals surface area contributed by atoms with Gasteiger partial charge in [0, 0.05) is 12.6 Å². The van der Waals surface area contributed by atoms with Crippen molar-refractivity contribution in [3.63, 3.8) is 0 Å². The number of benzene rings is 1. The molecule has 138 valence electrons. The summed E-state index contributed by atoms with van der Waals surface area (Å²) in [4.78, 5) is 10.7. The number of aryl methyl sites for hydroxylation is 1. The predicted octanol–water partition coefficient (Wildman–Crippen LogP) is 1.46. The van der Waals surface area contributed by atoms with Crippen molar-refractivity contribution in [2.75, 3.05) is 13.1 Å². The van der Waals surface area contributed by atoms with Crippen molar-refractivity contribution < 1.29 is 27.4 Å². The topological polar surface area (TPSA) is 110 Å². The van der Waals surface area contributed by atoms with Crippen LogP contribution in [0.1, 0.15) is 22.5 Å². The van der Waals surface area contributed by atoms with E-state index >= 15 is 0 Å². The van der Waals surface area contributed by atoms with Crippen LogP contribution in [0.25, 0.3) is 0 Å². The van der Waals surface area contributed by atoms with Crippen molar-refractivity contribution in [1.82, 2.24) is 14.5 Å². The van der Waals surface area contributed by atoms with E-state index in [1.807, 2.05) is 0 Å². The number of carboxylic acids is 1. The number of ether oxygens (including phenoxy) is 1. The van der Waals surface area contributed by atoms with Crippen LogP contribution in [-0.4, -0.2) is 53.2 Å². The lowest BCUT2D eigenvalue weighted by molar-refractivity contribution is 0.0691. The Morgan fingerprint density at radius 2 is 2.08 bits per heavy atom. The molecule has 1 fully saturated rings. The van der Waals surface area contributed by atoms with Crippen LogP contribution in [0.2, 0.25) is 0 Å². The van der Waals surface area contributed by atoms with E-state index < -0.39 is 33.5 Å². The maximum atomic E-state index is 13.5. The van der Waals surface area contributed by atoms with Gasteiger partial charge in [0.25, 0.3) is 0 Å². The van der Waals surface area contributed by atoms with Crippen molar-refractivity contribution in [3.05, 3.63) is 47.4 Å². The molecule has 3 rings (SSSR count). The smallest absolute Gasteiger partial charge is 0.338 e. The number of aromatic nitrogens is 2. The van der Waals surface area contributed by atoms with Crippen molar-refractivity contribution in [1.29, 1.82) is 0 Å². The van der Waals surface area contributed by atoms with Crippen molar-refractivity contribution in [2.45, 2.75) is 24.3 Å². The van der Waals surface area contributed by atoms with Gasteiger partial charge >= 0.3 is 5.97 Å². The molecule has 1 aliphatic heterocycles. The summed E-state index contributed by atoms with van der Waals surface area (Å²) in [5, 5.41) is 16.7. The Morgan fingerprint density at radius 1 is 1.31 bits per heavy atom. The lowest BCUT2D eigenvalue weighted by atomic mass is 10.2. The summed E-state index contributed by atoms with van der Waals surface area (Å²) >= 11 is 0. The van der Waals surface area contributed by atoms with Crippen molar-refractivity contribution in [3.8, 4) is 5.88 Å². The lowest BCUT2D eigenvalue weighted by Crippen LogP contribution is -2.31. The average molecular weight is 381 g/mol. The molecule has 0 amide bonds. The molecule has 8 nitrogen and oxygen atoms in total. The number of hydrogen-bond acceptors (Lipinski definition) is 6. The largest absolute Gasteiger partial charge is 0.478 e. The Hall–Kier alpha value is -2.59. The molecule has 0 aliphatic carbocycles. The van der Waals surface area contributed by atoms with E-state index in [4.69, 9.17) is 9.84 Å². The molecule has 1 atom stereocenters. The van der Waals surface area contributed by atoms with Gasteiger partial charge in [-0.2, -0.15) is 9.40 Å². The summed E-state index contributed by atoms with van der Waals surface area (Å²) in [7, 11) is -3.96. The minimum Gasteiger partial charge on any atom is -0.478 e. The molecule has 26 heavy (non-hydrogen) atoms. The van der Waals surface area contributed by atoms with Crippen molar-refractivity contribution >= 4 is 16.0 Å². The molecular weight excluding hydrogens is 365 g/mol. The zero-order valence-corrected chi connectivity index (χ0v) is 14.6. The van der Waals surface area contributed by atoms with E-state index in [0.29, 0.717) is 12.3 Å². The van der Waals surface area contributed by atoms with Crippen LogP contribution in [0.5, 0.6) is 5.88 Å². The number of sulfonamides is 1. The molecule has 1 saturated heterocycles. The number of carboxylic acid groups (broad SMARTS) is 1. The van der Waals surface area contributed by atoms with E-state index in [2.05, 4.69) is 10.2 Å². The third-order valence-electron chi connectivity index (χ3n) is 3.97. The molecule has 0 bridgehead atoms. The van der Waals surface area contributed by atoms with E-state index in [-0.39, 0.29) is 18.0 Å². The van der Waals surface area contributed by atoms with E-state index in [0.717, 1.165) is 23.9 Å². The van der Waals surface area contributed by atoms with Crippen LogP contribution in [-0.2, 0) is 10.0 Å². The first-order valence-electron chi connectivity index (χ1n) is 7.77. The molecule has 2 aromatic rings. The second-order valence-corrected chi connectivity index (χ2v) is 7.79. The maximum absolute atomic E-state index is 13.5. The van der Waals surface area contributed by atoms with Gasteiger partial charge in [-0.25, -0.2) is 17.6 Å². The summed E-state index contributed by atoms with van der Waals surface area (Å²) in [6, 6.07) is 6.10. The van der Waals surface area contributed by atoms with Gasteiger partial charge in [0.15, 0.2) is 0 Å². The van der Waals surface area contributed by atoms with Gasteiger partial charge < -0.3 is 9.84 Å². The van der Waals surface area contributed by atoms with Crippen molar-refractivity contribution in [2.24, 2.45) is 0 Å². The quantitative estimate of drug-likeness (QED) is 0.835. The fourth-order valence-electron chi connectivity index (χ4n) is 2.61. The van der Waals surface area contributed by atoms with E-state index in [1.165, 1.54) is 4.31 Å². The Balaban J connectivity index is 1.76. The molecule has 0 saturated carbocycles. The minimum absolute atomic E-state index is 0.0810. The normalized spacial score (nSPS) is 18.0. The second-order valence-electron chi connectivity index (χ2n) is 5.85. The Labute approximate surface area is 149 Å². The first-order valence-corrected chi connectivity index (χ1v) is 9.21. The first kappa shape index (κ1) is 18.2. The number of carbonyl (C=O) groups is 1. The zero-order chi connectivity index (χ0) is 18.9. The maximum Gasteiger partial charge on any atom is 0.338 e. The van der Waals surface area contributed by atoms with Gasteiger partial charge in [0.1, 0.15) is 11.9 Å². The van der Waals surface area contributed by atoms with Crippen LogP contribution in [0.4, 0.5) is 4.39 Å². The molecule has 0 unspecified atom stereocenters. The fraction of sp³-hybridized carbons (Fsp3) is 0.312. The fourth-order valence-corrected chi connectivity index (χ4v) is 4.12. The second kappa shape index (κ2) is 6.96. The van der Waals surface area contributed by atoms with Gasteiger partial charge in [-0.3, -0.25) is 0 Å². The summed E-state index contributed by atoms with van der Waals surface area (Å²) in [5.74, 6) is -2.22. The molecule has 0 spiro atoms. The Bertz CT molecular complexity index is 933. The first-order chi connectivity index (χ1) is 12.3. The summed E-state index contributed by atoms with van der Waals surface area (Å²) < 4.78 is 45.7. The minimum atomic E-state index is -3.96. The molecule has 1 N–H and O–H groups in total. The number of hydrogen-bond donors (Lipinski definition) is 1. The molecule has 2 heterocycles. The molecule has 1 aromatic heterocycles. The predicted molar refractivity (Wildman–Crippen MR) is 87.9 cm³/mol. The van der Waals surface area contributed by atoms with Crippen LogP contribution in [0.3, 0.4) is 0 Å². The Kier molecular flexibility index (Phi) is 4.88. The van der Waals surface area contributed by atoms with Crippen LogP contribution in [0, 0.1) is 12.7 Å². The zero-order valence-electron chi connectivity index (χ0n) is 13.8. The molecule has 1 aromatic carbocycles. The number of nitrogens with zero attached hydrogens (tertiary/aromatic N) is 3. The third-order valence-corrected chi connectivity index (χ3v) is 5.84. The molecule has 10 heteroatoms. The highest BCUT2D eigenvalue weighted by molar-refractivity contribution is 7.89.